The minimum absolute atomic E-state index is 0.424. The first-order valence-electron chi connectivity index (χ1n) is 8.63. The zero-order chi connectivity index (χ0) is 16.0. The first-order chi connectivity index (χ1) is 11.2. The van der Waals surface area contributed by atoms with Crippen molar-refractivity contribution in [1.29, 1.82) is 0 Å². The molecule has 4 nitrogen and oxygen atoms in total. The van der Waals surface area contributed by atoms with Crippen molar-refractivity contribution in [3.8, 4) is 0 Å². The quantitative estimate of drug-likeness (QED) is 0.925. The second-order valence-electron chi connectivity index (χ2n) is 6.84. The topological polar surface area (TPSA) is 41.0 Å². The molecule has 2 heterocycles. The van der Waals surface area contributed by atoms with Crippen molar-refractivity contribution in [1.82, 2.24) is 9.97 Å². The van der Waals surface area contributed by atoms with Crippen LogP contribution in [-0.2, 0) is 0 Å². The number of aromatic nitrogens is 2. The van der Waals surface area contributed by atoms with Gasteiger partial charge in [0.1, 0.15) is 17.5 Å². The number of rotatable bonds is 4. The van der Waals surface area contributed by atoms with E-state index in [0.717, 1.165) is 30.4 Å². The molecule has 1 aromatic carbocycles. The average molecular weight is 308 g/mol. The van der Waals surface area contributed by atoms with Crippen molar-refractivity contribution in [2.45, 2.75) is 51.6 Å². The largest absolute Gasteiger partial charge is 0.367 e. The summed E-state index contributed by atoms with van der Waals surface area (Å²) in [6, 6.07) is 11.9. The van der Waals surface area contributed by atoms with Crippen LogP contribution in [0.3, 0.4) is 0 Å². The fraction of sp³-hybridized carbons (Fsp3) is 0.474. The SMILES string of the molecule is CC[C@@H](C)Nc1cc(N2C[C@H]3C[C@H]2c2ccccc23)nc(C)n1. The van der Waals surface area contributed by atoms with Crippen LogP contribution in [0.15, 0.2) is 30.3 Å². The van der Waals surface area contributed by atoms with E-state index in [9.17, 15) is 0 Å². The molecule has 1 saturated heterocycles. The molecule has 2 aromatic rings. The number of anilines is 2. The fourth-order valence-corrected chi connectivity index (χ4v) is 3.92. The Morgan fingerprint density at radius 2 is 2.04 bits per heavy atom. The van der Waals surface area contributed by atoms with Crippen LogP contribution in [0.2, 0.25) is 0 Å². The zero-order valence-corrected chi connectivity index (χ0v) is 14.1. The highest BCUT2D eigenvalue weighted by Crippen LogP contribution is 2.51. The molecule has 3 atom stereocenters. The molecule has 4 rings (SSSR count). The Labute approximate surface area is 138 Å². The van der Waals surface area contributed by atoms with Gasteiger partial charge >= 0.3 is 0 Å². The zero-order valence-electron chi connectivity index (χ0n) is 14.1. The first-order valence-corrected chi connectivity index (χ1v) is 8.63. The summed E-state index contributed by atoms with van der Waals surface area (Å²) < 4.78 is 0. The summed E-state index contributed by atoms with van der Waals surface area (Å²) >= 11 is 0. The third kappa shape index (κ3) is 2.46. The van der Waals surface area contributed by atoms with Crippen LogP contribution >= 0.6 is 0 Å². The predicted molar refractivity (Wildman–Crippen MR) is 94.0 cm³/mol. The highest BCUT2D eigenvalue weighted by molar-refractivity contribution is 5.57. The molecule has 2 aliphatic rings. The van der Waals surface area contributed by atoms with Crippen LogP contribution in [0.25, 0.3) is 0 Å². The van der Waals surface area contributed by atoms with Crippen molar-refractivity contribution in [2.75, 3.05) is 16.8 Å². The number of aryl methyl sites for hydroxylation is 1. The highest BCUT2D eigenvalue weighted by Gasteiger charge is 2.42. The predicted octanol–water partition coefficient (Wildman–Crippen LogP) is 4.04. The molecule has 1 fully saturated rings. The fourth-order valence-electron chi connectivity index (χ4n) is 3.92. The maximum atomic E-state index is 4.72. The number of hydrogen-bond donors (Lipinski definition) is 1. The first kappa shape index (κ1) is 14.5. The number of nitrogens with zero attached hydrogens (tertiary/aromatic N) is 3. The van der Waals surface area contributed by atoms with Crippen molar-refractivity contribution in [3.05, 3.63) is 47.3 Å². The van der Waals surface area contributed by atoms with E-state index in [-0.39, 0.29) is 0 Å². The molecule has 1 aromatic heterocycles. The molecule has 0 radical (unpaired) electrons. The maximum Gasteiger partial charge on any atom is 0.134 e. The second-order valence-corrected chi connectivity index (χ2v) is 6.84. The minimum atomic E-state index is 0.424. The number of hydrogen-bond acceptors (Lipinski definition) is 4. The summed E-state index contributed by atoms with van der Waals surface area (Å²) in [6.45, 7) is 7.42. The Hall–Kier alpha value is -2.10. The molecule has 0 unspecified atom stereocenters. The molecule has 120 valence electrons. The lowest BCUT2D eigenvalue weighted by atomic mass is 9.99. The van der Waals surface area contributed by atoms with Gasteiger partial charge in [0.25, 0.3) is 0 Å². The van der Waals surface area contributed by atoms with E-state index in [0.29, 0.717) is 18.0 Å². The van der Waals surface area contributed by atoms with Gasteiger partial charge in [-0.25, -0.2) is 9.97 Å². The summed E-state index contributed by atoms with van der Waals surface area (Å²) in [4.78, 5) is 11.7. The van der Waals surface area contributed by atoms with Gasteiger partial charge in [0, 0.05) is 24.6 Å². The average Bonchev–Trinajstić information content (AvgIpc) is 3.14. The molecule has 1 aliphatic heterocycles. The van der Waals surface area contributed by atoms with Gasteiger partial charge < -0.3 is 10.2 Å². The van der Waals surface area contributed by atoms with Gasteiger partial charge in [0.05, 0.1) is 6.04 Å². The molecule has 0 saturated carbocycles. The van der Waals surface area contributed by atoms with Gasteiger partial charge in [0.2, 0.25) is 0 Å². The number of nitrogens with one attached hydrogen (secondary N) is 1. The number of fused-ring (bicyclic) bond motifs is 5. The summed E-state index contributed by atoms with van der Waals surface area (Å²) in [7, 11) is 0. The summed E-state index contributed by atoms with van der Waals surface area (Å²) in [5.41, 5.74) is 3.02. The van der Waals surface area contributed by atoms with E-state index >= 15 is 0 Å². The lowest BCUT2D eigenvalue weighted by Gasteiger charge is -2.30. The van der Waals surface area contributed by atoms with Crippen molar-refractivity contribution >= 4 is 11.6 Å². The van der Waals surface area contributed by atoms with Crippen LogP contribution in [0.1, 0.15) is 55.6 Å². The monoisotopic (exact) mass is 308 g/mol. The van der Waals surface area contributed by atoms with Crippen LogP contribution < -0.4 is 10.2 Å². The van der Waals surface area contributed by atoms with E-state index in [4.69, 9.17) is 4.98 Å². The van der Waals surface area contributed by atoms with Crippen LogP contribution in [0, 0.1) is 6.92 Å². The van der Waals surface area contributed by atoms with E-state index < -0.39 is 0 Å². The highest BCUT2D eigenvalue weighted by atomic mass is 15.3. The molecule has 2 bridgehead atoms. The van der Waals surface area contributed by atoms with Gasteiger partial charge in [-0.15, -0.1) is 0 Å². The van der Waals surface area contributed by atoms with Crippen LogP contribution in [-0.4, -0.2) is 22.6 Å². The van der Waals surface area contributed by atoms with Gasteiger partial charge in [-0.3, -0.25) is 0 Å². The molecule has 0 amide bonds. The second kappa shape index (κ2) is 5.52. The number of benzene rings is 1. The van der Waals surface area contributed by atoms with Crippen molar-refractivity contribution < 1.29 is 0 Å². The lowest BCUT2D eigenvalue weighted by Crippen LogP contribution is -2.28. The molecule has 23 heavy (non-hydrogen) atoms. The summed E-state index contributed by atoms with van der Waals surface area (Å²) in [5.74, 6) is 3.49. The minimum Gasteiger partial charge on any atom is -0.367 e. The summed E-state index contributed by atoms with van der Waals surface area (Å²) in [6.07, 6.45) is 2.30. The van der Waals surface area contributed by atoms with Crippen molar-refractivity contribution in [2.24, 2.45) is 0 Å². The molecular weight excluding hydrogens is 284 g/mol. The smallest absolute Gasteiger partial charge is 0.134 e. The Balaban J connectivity index is 1.65. The Morgan fingerprint density at radius 1 is 1.26 bits per heavy atom. The summed E-state index contributed by atoms with van der Waals surface area (Å²) in [5, 5.41) is 3.48. The van der Waals surface area contributed by atoms with E-state index in [1.807, 2.05) is 6.92 Å². The molecule has 1 N–H and O–H groups in total. The standard InChI is InChI=1S/C19H24N4/c1-4-12(2)20-18-10-19(22-13(3)21-18)23-11-14-9-17(23)16-8-6-5-7-15(14)16/h5-8,10,12,14,17H,4,9,11H2,1-3H3,(H,20,21,22)/t12-,14-,17+/m1/s1. The third-order valence-corrected chi connectivity index (χ3v) is 5.22. The van der Waals surface area contributed by atoms with Crippen molar-refractivity contribution in [3.63, 3.8) is 0 Å². The van der Waals surface area contributed by atoms with E-state index in [1.54, 1.807) is 0 Å². The van der Waals surface area contributed by atoms with Gasteiger partial charge in [-0.2, -0.15) is 0 Å². The third-order valence-electron chi connectivity index (χ3n) is 5.22. The molecular formula is C19H24N4. The lowest BCUT2D eigenvalue weighted by molar-refractivity contribution is 0.723. The van der Waals surface area contributed by atoms with E-state index in [2.05, 4.69) is 59.4 Å². The molecule has 0 spiro atoms. The van der Waals surface area contributed by atoms with Gasteiger partial charge in [-0.1, -0.05) is 31.2 Å². The Kier molecular flexibility index (Phi) is 3.47. The molecule has 4 heteroatoms. The van der Waals surface area contributed by atoms with Gasteiger partial charge in [-0.05, 0) is 37.8 Å². The van der Waals surface area contributed by atoms with E-state index in [1.165, 1.54) is 17.5 Å². The normalized spacial score (nSPS) is 23.0. The molecule has 1 aliphatic carbocycles. The van der Waals surface area contributed by atoms with Crippen LogP contribution in [0.4, 0.5) is 11.6 Å². The van der Waals surface area contributed by atoms with Crippen LogP contribution in [0.5, 0.6) is 0 Å². The Morgan fingerprint density at radius 3 is 2.83 bits per heavy atom. The Bertz CT molecular complexity index is 727. The van der Waals surface area contributed by atoms with Gasteiger partial charge in [0.15, 0.2) is 0 Å². The maximum absolute atomic E-state index is 4.72.